The van der Waals surface area contributed by atoms with Crippen molar-refractivity contribution < 1.29 is 14.0 Å². The fraction of sp³-hybridized carbons (Fsp3) is 0.636. The molecule has 1 aromatic rings. The SMILES string of the molecule is CC(=O)NC1CC[C@@H](C(=O)N[C@@H](c2c(F)ccc(Cl)c2Cl)C2CCC3CC3C2)C1. The van der Waals surface area contributed by atoms with Crippen LogP contribution in [0, 0.1) is 29.5 Å². The van der Waals surface area contributed by atoms with E-state index >= 15 is 0 Å². The molecule has 3 aliphatic carbocycles. The van der Waals surface area contributed by atoms with E-state index in [9.17, 15) is 14.0 Å². The van der Waals surface area contributed by atoms with Crippen LogP contribution in [-0.4, -0.2) is 17.9 Å². The normalized spacial score (nSPS) is 31.7. The van der Waals surface area contributed by atoms with E-state index in [-0.39, 0.29) is 34.7 Å². The Balaban J connectivity index is 1.54. The number of amides is 2. The topological polar surface area (TPSA) is 58.2 Å². The predicted molar refractivity (Wildman–Crippen MR) is 111 cm³/mol. The van der Waals surface area contributed by atoms with E-state index in [1.165, 1.54) is 25.5 Å². The van der Waals surface area contributed by atoms with Gasteiger partial charge in [-0.2, -0.15) is 0 Å². The molecule has 3 saturated carbocycles. The zero-order valence-corrected chi connectivity index (χ0v) is 18.0. The number of nitrogens with one attached hydrogen (secondary N) is 2. The Morgan fingerprint density at radius 2 is 1.86 bits per heavy atom. The van der Waals surface area contributed by atoms with Gasteiger partial charge in [-0.15, -0.1) is 0 Å². The van der Waals surface area contributed by atoms with Gasteiger partial charge in [0.05, 0.1) is 16.1 Å². The minimum Gasteiger partial charge on any atom is -0.354 e. The molecule has 7 heteroatoms. The summed E-state index contributed by atoms with van der Waals surface area (Å²) in [5, 5.41) is 6.52. The monoisotopic (exact) mass is 440 g/mol. The summed E-state index contributed by atoms with van der Waals surface area (Å²) in [5.74, 6) is 0.859. The van der Waals surface area contributed by atoms with Crippen molar-refractivity contribution in [2.45, 2.75) is 64.0 Å². The van der Waals surface area contributed by atoms with Crippen molar-refractivity contribution in [1.29, 1.82) is 0 Å². The summed E-state index contributed by atoms with van der Waals surface area (Å²) in [6, 6.07) is 2.33. The summed E-state index contributed by atoms with van der Waals surface area (Å²) in [7, 11) is 0. The number of fused-ring (bicyclic) bond motifs is 1. The van der Waals surface area contributed by atoms with Crippen LogP contribution in [0.3, 0.4) is 0 Å². The third kappa shape index (κ3) is 4.56. The molecule has 158 valence electrons. The molecule has 2 amide bonds. The summed E-state index contributed by atoms with van der Waals surface area (Å²) in [6.07, 6.45) is 6.40. The van der Waals surface area contributed by atoms with E-state index in [4.69, 9.17) is 23.2 Å². The number of carbonyl (C=O) groups is 2. The van der Waals surface area contributed by atoms with Gasteiger partial charge in [-0.1, -0.05) is 23.2 Å². The number of hydrogen-bond donors (Lipinski definition) is 2. The van der Waals surface area contributed by atoms with Gasteiger partial charge in [0.15, 0.2) is 0 Å². The first-order valence-electron chi connectivity index (χ1n) is 10.5. The summed E-state index contributed by atoms with van der Waals surface area (Å²) < 4.78 is 14.8. The fourth-order valence-electron chi connectivity index (χ4n) is 5.35. The van der Waals surface area contributed by atoms with Crippen molar-refractivity contribution in [3.63, 3.8) is 0 Å². The van der Waals surface area contributed by atoms with Crippen molar-refractivity contribution in [3.05, 3.63) is 33.6 Å². The van der Waals surface area contributed by atoms with Gasteiger partial charge < -0.3 is 10.6 Å². The van der Waals surface area contributed by atoms with Gasteiger partial charge in [0.2, 0.25) is 11.8 Å². The maximum atomic E-state index is 14.8. The molecule has 0 spiro atoms. The van der Waals surface area contributed by atoms with Crippen molar-refractivity contribution in [2.24, 2.45) is 23.7 Å². The van der Waals surface area contributed by atoms with Crippen LogP contribution in [-0.2, 0) is 9.59 Å². The van der Waals surface area contributed by atoms with Gasteiger partial charge in [-0.05, 0) is 74.8 Å². The molecule has 3 fully saturated rings. The lowest BCUT2D eigenvalue weighted by molar-refractivity contribution is -0.126. The number of benzene rings is 1. The van der Waals surface area contributed by atoms with E-state index < -0.39 is 11.9 Å². The van der Waals surface area contributed by atoms with Crippen molar-refractivity contribution >= 4 is 35.0 Å². The van der Waals surface area contributed by atoms with Crippen LogP contribution in [0.25, 0.3) is 0 Å². The third-order valence-corrected chi connectivity index (χ3v) is 7.77. The quantitative estimate of drug-likeness (QED) is 0.630. The number of carbonyl (C=O) groups excluding carboxylic acids is 2. The molecule has 0 radical (unpaired) electrons. The summed E-state index contributed by atoms with van der Waals surface area (Å²) in [4.78, 5) is 24.4. The smallest absolute Gasteiger partial charge is 0.223 e. The Labute approximate surface area is 180 Å². The van der Waals surface area contributed by atoms with Crippen molar-refractivity contribution in [1.82, 2.24) is 10.6 Å². The maximum absolute atomic E-state index is 14.8. The standard InChI is InChI=1S/C22H27Cl2FN2O2/c1-11(28)26-16-5-4-14(10-16)22(29)27-21(13-3-2-12-8-15(12)9-13)19-18(25)7-6-17(23)20(19)24/h6-7,12-16,21H,2-5,8-10H2,1H3,(H,26,28)(H,27,29)/t12?,13?,14-,15?,16?,21-/m1/s1. The Morgan fingerprint density at radius 1 is 1.07 bits per heavy atom. The van der Waals surface area contributed by atoms with E-state index in [0.29, 0.717) is 29.3 Å². The molecule has 6 atom stereocenters. The van der Waals surface area contributed by atoms with Gasteiger partial charge in [-0.3, -0.25) is 9.59 Å². The van der Waals surface area contributed by atoms with Gasteiger partial charge >= 0.3 is 0 Å². The highest BCUT2D eigenvalue weighted by molar-refractivity contribution is 6.42. The molecule has 29 heavy (non-hydrogen) atoms. The van der Waals surface area contributed by atoms with Crippen LogP contribution in [0.4, 0.5) is 4.39 Å². The Kier molecular flexibility index (Phi) is 6.08. The highest BCUT2D eigenvalue weighted by Crippen LogP contribution is 2.54. The van der Waals surface area contributed by atoms with E-state index in [0.717, 1.165) is 31.6 Å². The fourth-order valence-corrected chi connectivity index (χ4v) is 5.79. The van der Waals surface area contributed by atoms with Crippen LogP contribution < -0.4 is 10.6 Å². The first-order chi connectivity index (χ1) is 13.8. The molecule has 0 bridgehead atoms. The average molecular weight is 441 g/mol. The molecule has 4 rings (SSSR count). The minimum atomic E-state index is -0.477. The van der Waals surface area contributed by atoms with Crippen LogP contribution >= 0.6 is 23.2 Å². The molecular weight excluding hydrogens is 414 g/mol. The van der Waals surface area contributed by atoms with Crippen LogP contribution in [0.5, 0.6) is 0 Å². The molecule has 2 N–H and O–H groups in total. The zero-order chi connectivity index (χ0) is 20.7. The molecule has 1 aromatic carbocycles. The van der Waals surface area contributed by atoms with E-state index in [1.54, 1.807) is 0 Å². The average Bonchev–Trinajstić information content (AvgIpc) is 3.31. The summed E-state index contributed by atoms with van der Waals surface area (Å²) in [6.45, 7) is 1.49. The number of halogens is 3. The van der Waals surface area contributed by atoms with Gasteiger partial charge in [0, 0.05) is 24.4 Å². The van der Waals surface area contributed by atoms with E-state index in [1.807, 2.05) is 0 Å². The first kappa shape index (κ1) is 20.9. The lowest BCUT2D eigenvalue weighted by Gasteiger charge is -2.33. The molecule has 0 heterocycles. The molecule has 4 unspecified atom stereocenters. The lowest BCUT2D eigenvalue weighted by atomic mass is 9.80. The highest BCUT2D eigenvalue weighted by atomic mass is 35.5. The first-order valence-corrected chi connectivity index (χ1v) is 11.3. The van der Waals surface area contributed by atoms with Crippen LogP contribution in [0.15, 0.2) is 12.1 Å². The van der Waals surface area contributed by atoms with Gasteiger partial charge in [-0.25, -0.2) is 4.39 Å². The van der Waals surface area contributed by atoms with Gasteiger partial charge in [0.25, 0.3) is 0 Å². The second kappa shape index (κ2) is 8.43. The van der Waals surface area contributed by atoms with Crippen LogP contribution in [0.2, 0.25) is 10.0 Å². The maximum Gasteiger partial charge on any atom is 0.223 e. The minimum absolute atomic E-state index is 0.0232. The number of hydrogen-bond acceptors (Lipinski definition) is 2. The predicted octanol–water partition coefficient (Wildman–Crippen LogP) is 5.03. The second-order valence-electron chi connectivity index (χ2n) is 8.98. The third-order valence-electron chi connectivity index (χ3n) is 6.95. The summed E-state index contributed by atoms with van der Waals surface area (Å²) in [5.41, 5.74) is 0.313. The molecule has 4 nitrogen and oxygen atoms in total. The highest BCUT2D eigenvalue weighted by Gasteiger charge is 2.45. The molecule has 0 aliphatic heterocycles. The molecule has 0 aromatic heterocycles. The second-order valence-corrected chi connectivity index (χ2v) is 9.76. The molecule has 3 aliphatic rings. The van der Waals surface area contributed by atoms with Crippen LogP contribution in [0.1, 0.15) is 63.5 Å². The molecular formula is C22H27Cl2FN2O2. The zero-order valence-electron chi connectivity index (χ0n) is 16.5. The molecule has 0 saturated heterocycles. The van der Waals surface area contributed by atoms with Crippen molar-refractivity contribution in [2.75, 3.05) is 0 Å². The lowest BCUT2D eigenvalue weighted by Crippen LogP contribution is -2.39. The Bertz CT molecular complexity index is 818. The largest absolute Gasteiger partial charge is 0.354 e. The Morgan fingerprint density at radius 3 is 2.59 bits per heavy atom. The number of rotatable bonds is 5. The summed E-state index contributed by atoms with van der Waals surface area (Å²) >= 11 is 12.6. The van der Waals surface area contributed by atoms with E-state index in [2.05, 4.69) is 10.6 Å². The van der Waals surface area contributed by atoms with Crippen molar-refractivity contribution in [3.8, 4) is 0 Å². The van der Waals surface area contributed by atoms with Gasteiger partial charge in [0.1, 0.15) is 5.82 Å². The Hall–Kier alpha value is -1.33.